The van der Waals surface area contributed by atoms with Gasteiger partial charge in [0, 0.05) is 18.2 Å². The lowest BCUT2D eigenvalue weighted by Gasteiger charge is -2.36. The van der Waals surface area contributed by atoms with Gasteiger partial charge in [-0.15, -0.1) is 0 Å². The van der Waals surface area contributed by atoms with Gasteiger partial charge in [0.15, 0.2) is 0 Å². The minimum atomic E-state index is -4.53. The van der Waals surface area contributed by atoms with Crippen molar-refractivity contribution < 1.29 is 18.0 Å². The van der Waals surface area contributed by atoms with Gasteiger partial charge in [-0.1, -0.05) is 66.7 Å². The Hall–Kier alpha value is -3.93. The van der Waals surface area contributed by atoms with Gasteiger partial charge < -0.3 is 5.32 Å². The van der Waals surface area contributed by atoms with Crippen molar-refractivity contribution in [2.24, 2.45) is 0 Å². The number of amides is 1. The first kappa shape index (κ1) is 23.2. The molecule has 0 spiro atoms. The number of carbonyl (C=O) groups excluding carboxylic acids is 1. The number of nitrogens with one attached hydrogen (secondary N) is 1. The van der Waals surface area contributed by atoms with Crippen LogP contribution in [0.4, 0.5) is 13.2 Å². The van der Waals surface area contributed by atoms with Crippen LogP contribution >= 0.6 is 0 Å². The topological polar surface area (TPSA) is 42.0 Å². The smallest absolute Gasteiger partial charge is 0.337 e. The van der Waals surface area contributed by atoms with E-state index in [9.17, 15) is 18.0 Å². The number of carbonyl (C=O) groups is 1. The predicted octanol–water partition coefficient (Wildman–Crippen LogP) is 6.33. The fourth-order valence-electron chi connectivity index (χ4n) is 4.09. The zero-order valence-corrected chi connectivity index (χ0v) is 18.5. The lowest BCUT2D eigenvalue weighted by atomic mass is 9.79. The van der Waals surface area contributed by atoms with Crippen molar-refractivity contribution in [2.45, 2.75) is 25.1 Å². The largest absolute Gasteiger partial charge is 0.416 e. The van der Waals surface area contributed by atoms with Crippen LogP contribution in [-0.2, 0) is 18.1 Å². The number of rotatable bonds is 6. The summed E-state index contributed by atoms with van der Waals surface area (Å²) < 4.78 is 41.0. The number of benzene rings is 3. The highest BCUT2D eigenvalue weighted by atomic mass is 19.4. The number of alkyl halides is 3. The first-order chi connectivity index (χ1) is 16.3. The maximum Gasteiger partial charge on any atom is 0.416 e. The van der Waals surface area contributed by atoms with Gasteiger partial charge in [0.05, 0.1) is 11.3 Å². The molecule has 0 fully saturated rings. The van der Waals surface area contributed by atoms with Gasteiger partial charge in [0.2, 0.25) is 0 Å². The summed E-state index contributed by atoms with van der Waals surface area (Å²) in [5, 5.41) is 3.08. The van der Waals surface area contributed by atoms with E-state index in [0.717, 1.165) is 23.3 Å². The van der Waals surface area contributed by atoms with E-state index < -0.39 is 23.2 Å². The van der Waals surface area contributed by atoms with Crippen LogP contribution in [0.1, 0.15) is 38.3 Å². The van der Waals surface area contributed by atoms with Crippen molar-refractivity contribution >= 4 is 5.91 Å². The molecule has 3 aromatic carbocycles. The molecule has 1 amide bonds. The monoisotopic (exact) mass is 460 g/mol. The van der Waals surface area contributed by atoms with Gasteiger partial charge >= 0.3 is 6.18 Å². The number of aromatic nitrogens is 1. The minimum absolute atomic E-state index is 0.212. The van der Waals surface area contributed by atoms with Gasteiger partial charge in [0.25, 0.3) is 5.91 Å². The Morgan fingerprint density at radius 2 is 1.50 bits per heavy atom. The molecule has 1 aromatic heterocycles. The summed E-state index contributed by atoms with van der Waals surface area (Å²) in [6.07, 6.45) is -2.75. The summed E-state index contributed by atoms with van der Waals surface area (Å²) in [7, 11) is 0. The molecule has 0 bridgehead atoms. The van der Waals surface area contributed by atoms with Crippen LogP contribution in [-0.4, -0.2) is 10.9 Å². The average Bonchev–Trinajstić information content (AvgIpc) is 2.84. The van der Waals surface area contributed by atoms with E-state index in [1.165, 1.54) is 6.07 Å². The van der Waals surface area contributed by atoms with Gasteiger partial charge in [-0.2, -0.15) is 13.2 Å². The second-order valence-electron chi connectivity index (χ2n) is 8.13. The first-order valence-electron chi connectivity index (χ1n) is 10.8. The molecule has 0 aliphatic carbocycles. The summed E-state index contributed by atoms with van der Waals surface area (Å²) in [4.78, 5) is 18.0. The normalized spacial score (nSPS) is 13.2. The molecular formula is C28H23F3N2O. The molecule has 4 rings (SSSR count). The molecule has 0 saturated heterocycles. The Labute approximate surface area is 196 Å². The molecule has 0 saturated carbocycles. The van der Waals surface area contributed by atoms with Crippen LogP contribution < -0.4 is 5.32 Å². The third kappa shape index (κ3) is 4.86. The minimum Gasteiger partial charge on any atom is -0.337 e. The molecule has 1 N–H and O–H groups in total. The summed E-state index contributed by atoms with van der Waals surface area (Å²) in [5.74, 6) is -0.392. The molecule has 3 nitrogen and oxygen atoms in total. The van der Waals surface area contributed by atoms with E-state index in [2.05, 4.69) is 10.3 Å². The van der Waals surface area contributed by atoms with Gasteiger partial charge in [-0.3, -0.25) is 9.78 Å². The summed E-state index contributed by atoms with van der Waals surface area (Å²) in [5.41, 5.74) is 0.663. The predicted molar refractivity (Wildman–Crippen MR) is 125 cm³/mol. The van der Waals surface area contributed by atoms with E-state index in [1.807, 2.05) is 49.4 Å². The number of hydrogen-bond acceptors (Lipinski definition) is 2. The Morgan fingerprint density at radius 1 is 0.824 bits per heavy atom. The van der Waals surface area contributed by atoms with Crippen molar-refractivity contribution in [2.75, 3.05) is 0 Å². The SMILES string of the molecule is Cc1ccccc1C(=O)NC(Cc1ccccc1)(c1cccc(C(F)(F)F)c1)c1ccccn1. The van der Waals surface area contributed by atoms with Crippen LogP contribution in [0.2, 0.25) is 0 Å². The highest BCUT2D eigenvalue weighted by Crippen LogP contribution is 2.37. The highest BCUT2D eigenvalue weighted by molar-refractivity contribution is 5.96. The third-order valence-corrected chi connectivity index (χ3v) is 5.81. The van der Waals surface area contributed by atoms with Crippen LogP contribution in [0.15, 0.2) is 103 Å². The van der Waals surface area contributed by atoms with Crippen LogP contribution in [0.5, 0.6) is 0 Å². The molecule has 4 aromatic rings. The van der Waals surface area contributed by atoms with Crippen molar-refractivity contribution in [3.8, 4) is 0 Å². The van der Waals surface area contributed by atoms with Crippen LogP contribution in [0.3, 0.4) is 0 Å². The molecule has 0 aliphatic heterocycles. The molecule has 0 aliphatic rings. The Bertz CT molecular complexity index is 1270. The van der Waals surface area contributed by atoms with Crippen molar-refractivity contribution in [1.29, 1.82) is 0 Å². The number of aryl methyl sites for hydroxylation is 1. The molecule has 34 heavy (non-hydrogen) atoms. The van der Waals surface area contributed by atoms with Crippen molar-refractivity contribution in [3.63, 3.8) is 0 Å². The fourth-order valence-corrected chi connectivity index (χ4v) is 4.09. The van der Waals surface area contributed by atoms with E-state index in [4.69, 9.17) is 0 Å². The maximum absolute atomic E-state index is 13.7. The van der Waals surface area contributed by atoms with Gasteiger partial charge in [-0.25, -0.2) is 0 Å². The second kappa shape index (κ2) is 9.51. The number of hydrogen-bond donors (Lipinski definition) is 1. The Balaban J connectivity index is 1.94. The standard InChI is InChI=1S/C28H23F3N2O/c1-20-10-5-6-15-24(20)26(34)33-27(25-16-7-8-17-32-25,19-21-11-3-2-4-12-21)22-13-9-14-23(18-22)28(29,30)31/h2-18H,19H2,1H3,(H,33,34). The average molecular weight is 460 g/mol. The molecule has 1 unspecified atom stereocenters. The molecule has 1 heterocycles. The number of nitrogens with zero attached hydrogens (tertiary/aromatic N) is 1. The Kier molecular flexibility index (Phi) is 6.50. The highest BCUT2D eigenvalue weighted by Gasteiger charge is 2.40. The maximum atomic E-state index is 13.7. The Morgan fingerprint density at radius 3 is 2.18 bits per heavy atom. The lowest BCUT2D eigenvalue weighted by molar-refractivity contribution is -0.137. The quantitative estimate of drug-likeness (QED) is 0.366. The van der Waals surface area contributed by atoms with E-state index in [-0.39, 0.29) is 6.42 Å². The molecule has 6 heteroatoms. The number of halogens is 3. The third-order valence-electron chi connectivity index (χ3n) is 5.81. The summed E-state index contributed by atoms with van der Waals surface area (Å²) >= 11 is 0. The van der Waals surface area contributed by atoms with Gasteiger partial charge in [-0.05, 0) is 53.9 Å². The van der Waals surface area contributed by atoms with Crippen molar-refractivity contribution in [3.05, 3.63) is 137 Å². The van der Waals surface area contributed by atoms with Gasteiger partial charge in [0.1, 0.15) is 5.54 Å². The summed E-state index contributed by atoms with van der Waals surface area (Å²) in [6, 6.07) is 26.7. The first-order valence-corrected chi connectivity index (χ1v) is 10.8. The number of pyridine rings is 1. The molecule has 172 valence electrons. The summed E-state index contributed by atoms with van der Waals surface area (Å²) in [6.45, 7) is 1.82. The molecular weight excluding hydrogens is 437 g/mol. The van der Waals surface area contributed by atoms with Crippen molar-refractivity contribution in [1.82, 2.24) is 10.3 Å². The van der Waals surface area contributed by atoms with E-state index >= 15 is 0 Å². The fraction of sp³-hybridized carbons (Fsp3) is 0.143. The van der Waals surface area contributed by atoms with Crippen LogP contribution in [0, 0.1) is 6.92 Å². The zero-order chi connectivity index (χ0) is 24.2. The van der Waals surface area contributed by atoms with E-state index in [1.54, 1.807) is 42.6 Å². The molecule has 0 radical (unpaired) electrons. The van der Waals surface area contributed by atoms with E-state index in [0.29, 0.717) is 16.8 Å². The lowest BCUT2D eigenvalue weighted by Crippen LogP contribution is -2.49. The van der Waals surface area contributed by atoms with Crippen LogP contribution in [0.25, 0.3) is 0 Å². The zero-order valence-electron chi connectivity index (χ0n) is 18.5. The molecule has 1 atom stereocenters. The second-order valence-corrected chi connectivity index (χ2v) is 8.13.